The maximum Gasteiger partial charge on any atom is 0.0716 e. The average Bonchev–Trinajstić information content (AvgIpc) is 2.68. The molecule has 0 atom stereocenters. The van der Waals surface area contributed by atoms with Gasteiger partial charge in [-0.3, -0.25) is 4.68 Å². The van der Waals surface area contributed by atoms with Crippen molar-refractivity contribution in [2.24, 2.45) is 7.05 Å². The summed E-state index contributed by atoms with van der Waals surface area (Å²) < 4.78 is 2.02. The normalized spacial score (nSPS) is 12.2. The van der Waals surface area contributed by atoms with Crippen molar-refractivity contribution in [2.75, 3.05) is 0 Å². The smallest absolute Gasteiger partial charge is 0.0716 e. The molecule has 0 N–H and O–H groups in total. The SMILES string of the molecule is CC.Cc1nn(C)c2c1CCc1ccccc1-2. The van der Waals surface area contributed by atoms with Gasteiger partial charge < -0.3 is 0 Å². The zero-order valence-electron chi connectivity index (χ0n) is 11.1. The third-order valence-corrected chi connectivity index (χ3v) is 3.26. The highest BCUT2D eigenvalue weighted by atomic mass is 15.3. The van der Waals surface area contributed by atoms with Gasteiger partial charge in [0.25, 0.3) is 0 Å². The van der Waals surface area contributed by atoms with E-state index < -0.39 is 0 Å². The summed E-state index contributed by atoms with van der Waals surface area (Å²) in [6.45, 7) is 6.10. The maximum atomic E-state index is 4.51. The molecule has 1 heterocycles. The lowest BCUT2D eigenvalue weighted by Crippen LogP contribution is -2.05. The molecule has 0 bridgehead atoms. The molecular formula is C15H20N2. The fourth-order valence-corrected chi connectivity index (χ4v) is 2.57. The minimum atomic E-state index is 1.13. The van der Waals surface area contributed by atoms with E-state index in [0.29, 0.717) is 0 Å². The molecule has 2 nitrogen and oxygen atoms in total. The van der Waals surface area contributed by atoms with Gasteiger partial charge in [-0.25, -0.2) is 0 Å². The van der Waals surface area contributed by atoms with E-state index in [9.17, 15) is 0 Å². The Hall–Kier alpha value is -1.57. The van der Waals surface area contributed by atoms with E-state index in [2.05, 4.69) is 36.3 Å². The van der Waals surface area contributed by atoms with Gasteiger partial charge in [0.15, 0.2) is 0 Å². The van der Waals surface area contributed by atoms with Gasteiger partial charge in [-0.1, -0.05) is 38.1 Å². The lowest BCUT2D eigenvalue weighted by Gasteiger charge is -2.17. The largest absolute Gasteiger partial charge is 0.267 e. The third kappa shape index (κ3) is 1.88. The molecular weight excluding hydrogens is 208 g/mol. The molecule has 1 aromatic carbocycles. The third-order valence-electron chi connectivity index (χ3n) is 3.26. The number of hydrogen-bond donors (Lipinski definition) is 0. The quantitative estimate of drug-likeness (QED) is 0.674. The van der Waals surface area contributed by atoms with Crippen LogP contribution in [0.5, 0.6) is 0 Å². The number of fused-ring (bicyclic) bond motifs is 3. The monoisotopic (exact) mass is 228 g/mol. The molecule has 17 heavy (non-hydrogen) atoms. The van der Waals surface area contributed by atoms with Gasteiger partial charge in [0, 0.05) is 18.2 Å². The second kappa shape index (κ2) is 4.74. The van der Waals surface area contributed by atoms with Crippen LogP contribution in [0.3, 0.4) is 0 Å². The highest BCUT2D eigenvalue weighted by molar-refractivity contribution is 5.70. The summed E-state index contributed by atoms with van der Waals surface area (Å²) in [5, 5.41) is 4.51. The first kappa shape index (κ1) is 11.9. The van der Waals surface area contributed by atoms with Crippen molar-refractivity contribution >= 4 is 0 Å². The Morgan fingerprint density at radius 3 is 2.59 bits per heavy atom. The molecule has 2 heteroatoms. The lowest BCUT2D eigenvalue weighted by atomic mass is 9.89. The molecule has 0 unspecified atom stereocenters. The second-order valence-corrected chi connectivity index (χ2v) is 4.19. The highest BCUT2D eigenvalue weighted by Gasteiger charge is 2.21. The van der Waals surface area contributed by atoms with E-state index in [1.807, 2.05) is 25.6 Å². The van der Waals surface area contributed by atoms with Crippen LogP contribution in [0.25, 0.3) is 11.3 Å². The van der Waals surface area contributed by atoms with Crippen molar-refractivity contribution in [2.45, 2.75) is 33.6 Å². The number of aryl methyl sites for hydroxylation is 3. The van der Waals surface area contributed by atoms with Gasteiger partial charge in [0.05, 0.1) is 11.4 Å². The van der Waals surface area contributed by atoms with Gasteiger partial charge >= 0.3 is 0 Å². The van der Waals surface area contributed by atoms with Crippen LogP contribution < -0.4 is 0 Å². The first-order chi connectivity index (χ1) is 8.27. The van der Waals surface area contributed by atoms with Gasteiger partial charge in [0.1, 0.15) is 0 Å². The van der Waals surface area contributed by atoms with Gasteiger partial charge in [-0.05, 0) is 25.3 Å². The van der Waals surface area contributed by atoms with Crippen LogP contribution in [0.2, 0.25) is 0 Å². The number of rotatable bonds is 0. The van der Waals surface area contributed by atoms with Crippen molar-refractivity contribution in [1.29, 1.82) is 0 Å². The molecule has 0 amide bonds. The molecule has 0 saturated carbocycles. The maximum absolute atomic E-state index is 4.51. The average molecular weight is 228 g/mol. The fourth-order valence-electron chi connectivity index (χ4n) is 2.57. The van der Waals surface area contributed by atoms with Crippen LogP contribution in [0.1, 0.15) is 30.7 Å². The predicted octanol–water partition coefficient (Wildman–Crippen LogP) is 3.52. The van der Waals surface area contributed by atoms with E-state index in [4.69, 9.17) is 0 Å². The zero-order chi connectivity index (χ0) is 12.4. The molecule has 1 aliphatic carbocycles. The molecule has 0 radical (unpaired) electrons. The molecule has 2 aromatic rings. The number of benzene rings is 1. The fraction of sp³-hybridized carbons (Fsp3) is 0.400. The molecule has 90 valence electrons. The van der Waals surface area contributed by atoms with E-state index in [1.54, 1.807) is 0 Å². The van der Waals surface area contributed by atoms with Crippen molar-refractivity contribution in [3.05, 3.63) is 41.1 Å². The van der Waals surface area contributed by atoms with Crippen molar-refractivity contribution in [3.8, 4) is 11.3 Å². The summed E-state index contributed by atoms with van der Waals surface area (Å²) in [4.78, 5) is 0. The minimum absolute atomic E-state index is 1.13. The summed E-state index contributed by atoms with van der Waals surface area (Å²) in [6, 6.07) is 8.65. The molecule has 0 fully saturated rings. The highest BCUT2D eigenvalue weighted by Crippen LogP contribution is 2.34. The first-order valence-electron chi connectivity index (χ1n) is 6.38. The van der Waals surface area contributed by atoms with E-state index in [0.717, 1.165) is 12.8 Å². The van der Waals surface area contributed by atoms with Crippen molar-refractivity contribution in [3.63, 3.8) is 0 Å². The van der Waals surface area contributed by atoms with Crippen LogP contribution in [0.15, 0.2) is 24.3 Å². The standard InChI is InChI=1S/C13H14N2.C2H6/c1-9-11-8-7-10-5-3-4-6-12(10)13(11)15(2)14-9;1-2/h3-6H,7-8H2,1-2H3;1-2H3. The molecule has 3 rings (SSSR count). The summed E-state index contributed by atoms with van der Waals surface area (Å²) in [7, 11) is 2.04. The Morgan fingerprint density at radius 1 is 1.12 bits per heavy atom. The Bertz CT molecular complexity index is 524. The van der Waals surface area contributed by atoms with Crippen LogP contribution in [0, 0.1) is 6.92 Å². The van der Waals surface area contributed by atoms with Crippen LogP contribution in [0.4, 0.5) is 0 Å². The summed E-state index contributed by atoms with van der Waals surface area (Å²) in [5.41, 5.74) is 6.74. The molecule has 0 spiro atoms. The van der Waals surface area contributed by atoms with E-state index in [1.165, 1.54) is 28.1 Å². The first-order valence-corrected chi connectivity index (χ1v) is 6.38. The summed E-state index contributed by atoms with van der Waals surface area (Å²) >= 11 is 0. The molecule has 1 aromatic heterocycles. The lowest BCUT2D eigenvalue weighted by molar-refractivity contribution is 0.762. The van der Waals surface area contributed by atoms with E-state index >= 15 is 0 Å². The van der Waals surface area contributed by atoms with Crippen LogP contribution in [-0.4, -0.2) is 9.78 Å². The summed E-state index contributed by atoms with van der Waals surface area (Å²) in [5.74, 6) is 0. The Balaban J connectivity index is 0.000000514. The van der Waals surface area contributed by atoms with Crippen LogP contribution in [-0.2, 0) is 19.9 Å². The Kier molecular flexibility index (Phi) is 3.32. The number of nitrogens with zero attached hydrogens (tertiary/aromatic N) is 2. The number of hydrogen-bond acceptors (Lipinski definition) is 1. The van der Waals surface area contributed by atoms with E-state index in [-0.39, 0.29) is 0 Å². The topological polar surface area (TPSA) is 17.8 Å². The molecule has 0 aliphatic heterocycles. The van der Waals surface area contributed by atoms with Gasteiger partial charge in [-0.2, -0.15) is 5.10 Å². The zero-order valence-corrected chi connectivity index (χ0v) is 11.1. The minimum Gasteiger partial charge on any atom is -0.267 e. The van der Waals surface area contributed by atoms with Gasteiger partial charge in [0.2, 0.25) is 0 Å². The Labute approximate surface area is 103 Å². The Morgan fingerprint density at radius 2 is 1.82 bits per heavy atom. The molecule has 0 saturated heterocycles. The predicted molar refractivity (Wildman–Crippen MR) is 72.1 cm³/mol. The summed E-state index contributed by atoms with van der Waals surface area (Å²) in [6.07, 6.45) is 2.28. The number of aromatic nitrogens is 2. The van der Waals surface area contributed by atoms with Crippen LogP contribution >= 0.6 is 0 Å². The van der Waals surface area contributed by atoms with Crippen molar-refractivity contribution < 1.29 is 0 Å². The second-order valence-electron chi connectivity index (χ2n) is 4.19. The van der Waals surface area contributed by atoms with Crippen molar-refractivity contribution in [1.82, 2.24) is 9.78 Å². The van der Waals surface area contributed by atoms with Gasteiger partial charge in [-0.15, -0.1) is 0 Å². The molecule has 1 aliphatic rings.